The Morgan fingerprint density at radius 1 is 1.08 bits per heavy atom. The van der Waals surface area contributed by atoms with Crippen molar-refractivity contribution in [3.05, 3.63) is 83.7 Å². The second-order valence-electron chi connectivity index (χ2n) is 10.1. The molecule has 3 aromatic rings. The number of benzene rings is 2. The van der Waals surface area contributed by atoms with Gasteiger partial charge in [-0.05, 0) is 78.8 Å². The fourth-order valence-corrected chi connectivity index (χ4v) is 4.65. The van der Waals surface area contributed by atoms with E-state index >= 15 is 0 Å². The van der Waals surface area contributed by atoms with Gasteiger partial charge < -0.3 is 25.0 Å². The number of carbonyl (C=O) groups is 3. The molecule has 1 fully saturated rings. The molecule has 0 saturated heterocycles. The standard InChI is InChI=1S/C30H34N4O4/c1-20(19-35)34(18-21-5-4-6-25(13-21)29(37)32-17-22-14-26(36)15-22)30(38)27-8-7-24(16-28(27)33(2)3)23-9-11-31-12-10-23/h4-13,16,19-20,22,26,36H,14-15,17-18H2,1-3H3,(H,32,37)/t20-,22?,26?/m1/s1. The lowest BCUT2D eigenvalue weighted by molar-refractivity contribution is -0.111. The predicted molar refractivity (Wildman–Crippen MR) is 147 cm³/mol. The lowest BCUT2D eigenvalue weighted by Gasteiger charge is -2.31. The van der Waals surface area contributed by atoms with Crippen LogP contribution in [0.2, 0.25) is 0 Å². The Bertz CT molecular complexity index is 1290. The number of amides is 2. The van der Waals surface area contributed by atoms with Crippen LogP contribution >= 0.6 is 0 Å². The molecule has 2 N–H and O–H groups in total. The van der Waals surface area contributed by atoms with Crippen molar-refractivity contribution in [2.45, 2.75) is 38.5 Å². The van der Waals surface area contributed by atoms with E-state index in [9.17, 15) is 19.5 Å². The number of rotatable bonds is 10. The van der Waals surface area contributed by atoms with Crippen molar-refractivity contribution < 1.29 is 19.5 Å². The number of nitrogens with one attached hydrogen (secondary N) is 1. The van der Waals surface area contributed by atoms with E-state index in [0.29, 0.717) is 36.4 Å². The van der Waals surface area contributed by atoms with Gasteiger partial charge in [-0.2, -0.15) is 0 Å². The van der Waals surface area contributed by atoms with Gasteiger partial charge in [-0.1, -0.05) is 18.2 Å². The maximum atomic E-state index is 13.8. The van der Waals surface area contributed by atoms with Gasteiger partial charge in [0.15, 0.2) is 0 Å². The first kappa shape index (κ1) is 27.0. The number of aldehydes is 1. The number of hydrogen-bond acceptors (Lipinski definition) is 6. The maximum Gasteiger partial charge on any atom is 0.256 e. The van der Waals surface area contributed by atoms with E-state index in [2.05, 4.69) is 10.3 Å². The Labute approximate surface area is 223 Å². The van der Waals surface area contributed by atoms with E-state index in [0.717, 1.165) is 28.7 Å². The molecule has 2 amide bonds. The first-order valence-corrected chi connectivity index (χ1v) is 12.8. The van der Waals surface area contributed by atoms with E-state index in [1.165, 1.54) is 4.90 Å². The molecule has 1 aromatic heterocycles. The molecule has 1 aliphatic carbocycles. The summed E-state index contributed by atoms with van der Waals surface area (Å²) in [5.41, 5.74) is 4.41. The first-order chi connectivity index (χ1) is 18.3. The summed E-state index contributed by atoms with van der Waals surface area (Å²) in [6.45, 7) is 2.39. The normalized spacial score (nSPS) is 17.2. The van der Waals surface area contributed by atoms with E-state index in [-0.39, 0.29) is 24.5 Å². The highest BCUT2D eigenvalue weighted by Gasteiger charge is 2.28. The quantitative estimate of drug-likeness (QED) is 0.401. The Hall–Kier alpha value is -4.04. The molecule has 0 spiro atoms. The number of aromatic nitrogens is 1. The molecule has 1 atom stereocenters. The molecule has 1 saturated carbocycles. The first-order valence-electron chi connectivity index (χ1n) is 12.8. The van der Waals surface area contributed by atoms with Gasteiger partial charge in [0.05, 0.1) is 17.7 Å². The van der Waals surface area contributed by atoms with Crippen molar-refractivity contribution in [2.75, 3.05) is 25.5 Å². The fraction of sp³-hybridized carbons (Fsp3) is 0.333. The van der Waals surface area contributed by atoms with Crippen LogP contribution in [0, 0.1) is 5.92 Å². The molecule has 8 heteroatoms. The third-order valence-corrected chi connectivity index (χ3v) is 6.98. The Morgan fingerprint density at radius 3 is 2.47 bits per heavy atom. The molecular weight excluding hydrogens is 480 g/mol. The van der Waals surface area contributed by atoms with Crippen molar-refractivity contribution >= 4 is 23.8 Å². The van der Waals surface area contributed by atoms with Crippen LogP contribution in [0.4, 0.5) is 5.69 Å². The van der Waals surface area contributed by atoms with Crippen molar-refractivity contribution in [1.82, 2.24) is 15.2 Å². The van der Waals surface area contributed by atoms with E-state index < -0.39 is 6.04 Å². The molecule has 198 valence electrons. The van der Waals surface area contributed by atoms with Gasteiger partial charge in [-0.25, -0.2) is 0 Å². The van der Waals surface area contributed by atoms with Crippen LogP contribution in [0.1, 0.15) is 46.0 Å². The van der Waals surface area contributed by atoms with Crippen LogP contribution in [0.3, 0.4) is 0 Å². The molecule has 0 radical (unpaired) electrons. The Morgan fingerprint density at radius 2 is 1.82 bits per heavy atom. The van der Waals surface area contributed by atoms with Gasteiger partial charge in [-0.3, -0.25) is 14.6 Å². The molecule has 1 aliphatic rings. The summed E-state index contributed by atoms with van der Waals surface area (Å²) >= 11 is 0. The Balaban J connectivity index is 1.55. The van der Waals surface area contributed by atoms with Gasteiger partial charge in [-0.15, -0.1) is 0 Å². The molecule has 2 aromatic carbocycles. The van der Waals surface area contributed by atoms with E-state index in [1.54, 1.807) is 43.6 Å². The highest BCUT2D eigenvalue weighted by molar-refractivity contribution is 6.01. The van der Waals surface area contributed by atoms with Gasteiger partial charge in [0.2, 0.25) is 0 Å². The van der Waals surface area contributed by atoms with Crippen LogP contribution < -0.4 is 10.2 Å². The van der Waals surface area contributed by atoms with Gasteiger partial charge in [0, 0.05) is 50.8 Å². The monoisotopic (exact) mass is 514 g/mol. The fourth-order valence-electron chi connectivity index (χ4n) is 4.65. The zero-order valence-corrected chi connectivity index (χ0v) is 22.0. The zero-order valence-electron chi connectivity index (χ0n) is 22.0. The SMILES string of the molecule is C[C@H](C=O)N(Cc1cccc(C(=O)NCC2CC(O)C2)c1)C(=O)c1ccc(-c2ccncc2)cc1N(C)C. The highest BCUT2D eigenvalue weighted by Crippen LogP contribution is 2.29. The average molecular weight is 515 g/mol. The summed E-state index contributed by atoms with van der Waals surface area (Å²) < 4.78 is 0. The lowest BCUT2D eigenvalue weighted by Crippen LogP contribution is -2.40. The van der Waals surface area contributed by atoms with E-state index in [4.69, 9.17) is 0 Å². The van der Waals surface area contributed by atoms with Crippen molar-refractivity contribution in [2.24, 2.45) is 5.92 Å². The summed E-state index contributed by atoms with van der Waals surface area (Å²) in [6, 6.07) is 15.9. The topological polar surface area (TPSA) is 103 Å². The number of pyridine rings is 1. The largest absolute Gasteiger partial charge is 0.393 e. The smallest absolute Gasteiger partial charge is 0.256 e. The van der Waals surface area contributed by atoms with Gasteiger partial charge >= 0.3 is 0 Å². The molecule has 0 unspecified atom stereocenters. The molecular formula is C30H34N4O4. The summed E-state index contributed by atoms with van der Waals surface area (Å²) in [5.74, 6) is -0.168. The second-order valence-corrected chi connectivity index (χ2v) is 10.1. The second kappa shape index (κ2) is 12.0. The van der Waals surface area contributed by atoms with Crippen molar-refractivity contribution in [1.29, 1.82) is 0 Å². The molecule has 1 heterocycles. The molecule has 0 aliphatic heterocycles. The number of anilines is 1. The highest BCUT2D eigenvalue weighted by atomic mass is 16.3. The summed E-state index contributed by atoms with van der Waals surface area (Å²) in [5, 5.41) is 12.4. The molecule has 38 heavy (non-hydrogen) atoms. The van der Waals surface area contributed by atoms with Crippen LogP contribution in [-0.2, 0) is 11.3 Å². The lowest BCUT2D eigenvalue weighted by atomic mass is 9.82. The number of hydrogen-bond donors (Lipinski definition) is 2. The number of aliphatic hydroxyl groups excluding tert-OH is 1. The van der Waals surface area contributed by atoms with E-state index in [1.807, 2.05) is 49.3 Å². The third-order valence-electron chi connectivity index (χ3n) is 6.98. The molecule has 0 bridgehead atoms. The van der Waals surface area contributed by atoms with Crippen LogP contribution in [0.5, 0.6) is 0 Å². The summed E-state index contributed by atoms with van der Waals surface area (Å²) in [4.78, 5) is 45.8. The molecule has 4 rings (SSSR count). The maximum absolute atomic E-state index is 13.8. The van der Waals surface area contributed by atoms with Crippen LogP contribution in [0.25, 0.3) is 11.1 Å². The van der Waals surface area contributed by atoms with Gasteiger partial charge in [0.1, 0.15) is 6.29 Å². The predicted octanol–water partition coefficient (Wildman–Crippen LogP) is 3.55. The minimum atomic E-state index is -0.667. The minimum absolute atomic E-state index is 0.174. The van der Waals surface area contributed by atoms with Crippen molar-refractivity contribution in [3.63, 3.8) is 0 Å². The van der Waals surface area contributed by atoms with Gasteiger partial charge in [0.25, 0.3) is 11.8 Å². The third kappa shape index (κ3) is 6.26. The zero-order chi connectivity index (χ0) is 27.2. The summed E-state index contributed by atoms with van der Waals surface area (Å²) in [6.07, 6.45) is 5.36. The molecule has 8 nitrogen and oxygen atoms in total. The Kier molecular flexibility index (Phi) is 8.53. The minimum Gasteiger partial charge on any atom is -0.393 e. The van der Waals surface area contributed by atoms with Crippen molar-refractivity contribution in [3.8, 4) is 11.1 Å². The summed E-state index contributed by atoms with van der Waals surface area (Å²) in [7, 11) is 3.75. The number of carbonyl (C=O) groups excluding carboxylic acids is 3. The van der Waals surface area contributed by atoms with Crippen LogP contribution in [0.15, 0.2) is 67.0 Å². The number of nitrogens with zero attached hydrogens (tertiary/aromatic N) is 3. The average Bonchev–Trinajstić information content (AvgIpc) is 2.92. The number of aliphatic hydroxyl groups is 1. The van der Waals surface area contributed by atoms with Crippen LogP contribution in [-0.4, -0.2) is 65.9 Å².